The second-order valence-corrected chi connectivity index (χ2v) is 5.81. The summed E-state index contributed by atoms with van der Waals surface area (Å²) in [6.07, 6.45) is 1.68. The van der Waals surface area contributed by atoms with Crippen molar-refractivity contribution in [1.29, 1.82) is 0 Å². The predicted molar refractivity (Wildman–Crippen MR) is 99.9 cm³/mol. The van der Waals surface area contributed by atoms with Crippen molar-refractivity contribution in [2.24, 2.45) is 5.92 Å². The molecule has 1 fully saturated rings. The third-order valence-corrected chi connectivity index (χ3v) is 3.52. The van der Waals surface area contributed by atoms with Gasteiger partial charge in [0, 0.05) is 38.8 Å². The number of rotatable bonds is 4. The summed E-state index contributed by atoms with van der Waals surface area (Å²) in [6, 6.07) is 3.60. The fourth-order valence-corrected chi connectivity index (χ4v) is 2.64. The predicted octanol–water partition coefficient (Wildman–Crippen LogP) is 0.175. The van der Waals surface area contributed by atoms with Gasteiger partial charge in [0.05, 0.1) is 18.8 Å². The summed E-state index contributed by atoms with van der Waals surface area (Å²) < 4.78 is 5.63. The van der Waals surface area contributed by atoms with Crippen molar-refractivity contribution in [3.05, 3.63) is 23.9 Å². The van der Waals surface area contributed by atoms with Gasteiger partial charge in [-0.1, -0.05) is 0 Å². The molecular formula is C17H28N4O6. The van der Waals surface area contributed by atoms with E-state index in [2.05, 4.69) is 15.2 Å². The van der Waals surface area contributed by atoms with Crippen LogP contribution >= 0.6 is 0 Å². The van der Waals surface area contributed by atoms with Crippen LogP contribution in [0.5, 0.6) is 0 Å². The Balaban J connectivity index is 0.000000997. The first-order valence-corrected chi connectivity index (χ1v) is 8.25. The van der Waals surface area contributed by atoms with Gasteiger partial charge in [-0.2, -0.15) is 0 Å². The molecule has 1 saturated heterocycles. The molecule has 0 radical (unpaired) electrons. The largest absolute Gasteiger partial charge is 0.483 e. The average molecular weight is 384 g/mol. The van der Waals surface area contributed by atoms with Crippen LogP contribution in [0.4, 0.5) is 5.82 Å². The maximum Gasteiger partial charge on any atom is 0.290 e. The monoisotopic (exact) mass is 384 g/mol. The molecule has 0 saturated carbocycles. The minimum absolute atomic E-state index is 0.0155. The second-order valence-electron chi connectivity index (χ2n) is 5.81. The van der Waals surface area contributed by atoms with E-state index < -0.39 is 0 Å². The zero-order chi connectivity index (χ0) is 20.7. The molecule has 1 aliphatic rings. The van der Waals surface area contributed by atoms with Crippen LogP contribution < -0.4 is 5.32 Å². The highest BCUT2D eigenvalue weighted by Crippen LogP contribution is 2.16. The number of hydrogen-bond donors (Lipinski definition) is 3. The Morgan fingerprint density at radius 2 is 2.04 bits per heavy atom. The lowest BCUT2D eigenvalue weighted by Gasteiger charge is -2.26. The van der Waals surface area contributed by atoms with E-state index in [1.807, 2.05) is 25.1 Å². The number of nitrogens with one attached hydrogen (secondary N) is 1. The van der Waals surface area contributed by atoms with Gasteiger partial charge in [0.25, 0.3) is 18.9 Å². The Labute approximate surface area is 158 Å². The number of hydrogen-bond acceptors (Lipinski definition) is 7. The number of carbonyl (C=O) groups is 3. The van der Waals surface area contributed by atoms with Gasteiger partial charge < -0.3 is 30.1 Å². The van der Waals surface area contributed by atoms with Crippen molar-refractivity contribution in [2.75, 3.05) is 59.3 Å². The summed E-state index contributed by atoms with van der Waals surface area (Å²) in [5.41, 5.74) is 0.616. The van der Waals surface area contributed by atoms with Crippen LogP contribution in [-0.4, -0.2) is 97.8 Å². The Morgan fingerprint density at radius 3 is 2.59 bits per heavy atom. The van der Waals surface area contributed by atoms with Crippen molar-refractivity contribution < 1.29 is 29.3 Å². The number of nitrogens with zero attached hydrogens (tertiary/aromatic N) is 3. The number of pyridine rings is 1. The fraction of sp³-hybridized carbons (Fsp3) is 0.529. The molecule has 0 spiro atoms. The molecule has 0 bridgehead atoms. The standard InChI is InChI=1S/C15H24N4O2.2CH2O2/c1-16-14-13(5-4-6-17-14)15(20)19-7-8-21-11-12(10-19)9-18(2)3;2*2-1-3/h4-6,12H,7-11H2,1-3H3,(H,16,17);2*1H,(H,2,3). The van der Waals surface area contributed by atoms with Crippen LogP contribution in [0.15, 0.2) is 18.3 Å². The van der Waals surface area contributed by atoms with Crippen LogP contribution in [0.25, 0.3) is 0 Å². The first kappa shape index (κ1) is 24.3. The molecule has 152 valence electrons. The number of carboxylic acid groups (broad SMARTS) is 2. The summed E-state index contributed by atoms with van der Waals surface area (Å²) in [5, 5.41) is 16.8. The topological polar surface area (TPSA) is 132 Å². The number of anilines is 1. The zero-order valence-electron chi connectivity index (χ0n) is 15.9. The Kier molecular flexibility index (Phi) is 13.0. The third-order valence-electron chi connectivity index (χ3n) is 3.52. The summed E-state index contributed by atoms with van der Waals surface area (Å²) in [5.74, 6) is 0.972. The highest BCUT2D eigenvalue weighted by atomic mass is 16.5. The minimum atomic E-state index is -0.250. The summed E-state index contributed by atoms with van der Waals surface area (Å²) in [6.45, 7) is 3.05. The number of amides is 1. The lowest BCUT2D eigenvalue weighted by Crippen LogP contribution is -2.39. The van der Waals surface area contributed by atoms with Crippen molar-refractivity contribution >= 4 is 24.7 Å². The molecule has 0 aliphatic carbocycles. The van der Waals surface area contributed by atoms with Gasteiger partial charge in [-0.25, -0.2) is 4.98 Å². The average Bonchev–Trinajstić information content (AvgIpc) is 2.87. The van der Waals surface area contributed by atoms with Crippen LogP contribution in [0.2, 0.25) is 0 Å². The van der Waals surface area contributed by atoms with Gasteiger partial charge in [-0.15, -0.1) is 0 Å². The molecular weight excluding hydrogens is 356 g/mol. The maximum atomic E-state index is 12.7. The molecule has 1 aromatic rings. The lowest BCUT2D eigenvalue weighted by atomic mass is 10.1. The molecule has 10 nitrogen and oxygen atoms in total. The van der Waals surface area contributed by atoms with E-state index in [-0.39, 0.29) is 18.9 Å². The molecule has 2 rings (SSSR count). The van der Waals surface area contributed by atoms with E-state index in [4.69, 9.17) is 24.5 Å². The summed E-state index contributed by atoms with van der Waals surface area (Å²) >= 11 is 0. The molecule has 3 N–H and O–H groups in total. The minimum Gasteiger partial charge on any atom is -0.483 e. The lowest BCUT2D eigenvalue weighted by molar-refractivity contribution is -0.123. The maximum absolute atomic E-state index is 12.7. The molecule has 10 heteroatoms. The van der Waals surface area contributed by atoms with Crippen LogP contribution in [0, 0.1) is 5.92 Å². The summed E-state index contributed by atoms with van der Waals surface area (Å²) in [7, 11) is 5.86. The quantitative estimate of drug-likeness (QED) is 0.622. The molecule has 1 aliphatic heterocycles. The third kappa shape index (κ3) is 9.52. The molecule has 0 aromatic carbocycles. The Morgan fingerprint density at radius 1 is 1.41 bits per heavy atom. The molecule has 2 heterocycles. The highest BCUT2D eigenvalue weighted by Gasteiger charge is 2.25. The first-order valence-electron chi connectivity index (χ1n) is 8.25. The van der Waals surface area contributed by atoms with Gasteiger partial charge in [0.15, 0.2) is 0 Å². The van der Waals surface area contributed by atoms with Gasteiger partial charge in [-0.05, 0) is 26.2 Å². The molecule has 1 aromatic heterocycles. The van der Waals surface area contributed by atoms with E-state index in [9.17, 15) is 4.79 Å². The fourth-order valence-electron chi connectivity index (χ4n) is 2.64. The van der Waals surface area contributed by atoms with Gasteiger partial charge in [-0.3, -0.25) is 14.4 Å². The normalized spacial score (nSPS) is 16.0. The SMILES string of the molecule is CNc1ncccc1C(=O)N1CCOCC(CN(C)C)C1.O=CO.O=CO. The molecule has 1 amide bonds. The molecule has 1 unspecified atom stereocenters. The first-order chi connectivity index (χ1) is 12.9. The van der Waals surface area contributed by atoms with Gasteiger partial charge in [0.2, 0.25) is 0 Å². The van der Waals surface area contributed by atoms with E-state index in [0.29, 0.717) is 37.1 Å². The van der Waals surface area contributed by atoms with E-state index >= 15 is 0 Å². The van der Waals surface area contributed by atoms with Crippen molar-refractivity contribution in [3.8, 4) is 0 Å². The van der Waals surface area contributed by atoms with E-state index in [1.165, 1.54) is 0 Å². The second kappa shape index (κ2) is 14.4. The van der Waals surface area contributed by atoms with Gasteiger partial charge >= 0.3 is 0 Å². The van der Waals surface area contributed by atoms with E-state index in [1.54, 1.807) is 19.3 Å². The Hall–Kier alpha value is -2.72. The Bertz CT molecular complexity index is 564. The smallest absolute Gasteiger partial charge is 0.290 e. The highest BCUT2D eigenvalue weighted by molar-refractivity contribution is 5.98. The number of carbonyl (C=O) groups excluding carboxylic acids is 1. The van der Waals surface area contributed by atoms with E-state index in [0.717, 1.165) is 13.1 Å². The molecule has 1 atom stereocenters. The van der Waals surface area contributed by atoms with Crippen LogP contribution in [-0.2, 0) is 14.3 Å². The van der Waals surface area contributed by atoms with Crippen molar-refractivity contribution in [3.63, 3.8) is 0 Å². The van der Waals surface area contributed by atoms with Crippen molar-refractivity contribution in [1.82, 2.24) is 14.8 Å². The number of ether oxygens (including phenoxy) is 1. The zero-order valence-corrected chi connectivity index (χ0v) is 15.9. The van der Waals surface area contributed by atoms with Crippen molar-refractivity contribution in [2.45, 2.75) is 0 Å². The number of aromatic nitrogens is 1. The molecule has 27 heavy (non-hydrogen) atoms. The van der Waals surface area contributed by atoms with Crippen LogP contribution in [0.3, 0.4) is 0 Å². The van der Waals surface area contributed by atoms with Crippen LogP contribution in [0.1, 0.15) is 10.4 Å². The summed E-state index contributed by atoms with van der Waals surface area (Å²) in [4.78, 5) is 37.7. The van der Waals surface area contributed by atoms with Gasteiger partial charge in [0.1, 0.15) is 5.82 Å².